The van der Waals surface area contributed by atoms with E-state index in [2.05, 4.69) is 14.9 Å². The standard InChI is InChI=1S/C26H33ClF2N6O4/c1-14-16-12-33(24(36)39-25(2,3)4)8-9-35(16)21-17-19(18(29)20(27)31-22(17)38-14)30-23(32-21)37-13-26-6-5-7-34(26)11-15(28)10-26/h14-16H,5-13H2,1-4H3/t14-,15+,16-,26-/m0/s1. The Morgan fingerprint density at radius 1 is 1.21 bits per heavy atom. The highest BCUT2D eigenvalue weighted by atomic mass is 35.5. The molecule has 0 radical (unpaired) electrons. The molecule has 3 fully saturated rings. The number of pyridine rings is 1. The largest absolute Gasteiger partial charge is 0.472 e. The van der Waals surface area contributed by atoms with Crippen molar-refractivity contribution in [2.24, 2.45) is 0 Å². The first-order valence-corrected chi connectivity index (χ1v) is 13.8. The summed E-state index contributed by atoms with van der Waals surface area (Å²) in [4.78, 5) is 31.9. The highest BCUT2D eigenvalue weighted by Crippen LogP contribution is 2.43. The van der Waals surface area contributed by atoms with E-state index in [0.717, 1.165) is 19.4 Å². The summed E-state index contributed by atoms with van der Waals surface area (Å²) < 4.78 is 47.5. The summed E-state index contributed by atoms with van der Waals surface area (Å²) in [6, 6.07) is -0.352. The van der Waals surface area contributed by atoms with Crippen molar-refractivity contribution in [1.82, 2.24) is 24.8 Å². The second-order valence-electron chi connectivity index (χ2n) is 11.9. The van der Waals surface area contributed by atoms with Crippen LogP contribution in [-0.4, -0.2) is 99.6 Å². The molecule has 39 heavy (non-hydrogen) atoms. The minimum atomic E-state index is -0.901. The predicted octanol–water partition coefficient (Wildman–Crippen LogP) is 3.98. The summed E-state index contributed by atoms with van der Waals surface area (Å²) in [5.74, 6) is -0.265. The zero-order valence-corrected chi connectivity index (χ0v) is 23.3. The third kappa shape index (κ3) is 4.69. The Labute approximate surface area is 230 Å². The van der Waals surface area contributed by atoms with E-state index < -0.39 is 35.3 Å². The van der Waals surface area contributed by atoms with Crippen LogP contribution in [0.25, 0.3) is 10.9 Å². The zero-order chi connectivity index (χ0) is 27.7. The van der Waals surface area contributed by atoms with Crippen molar-refractivity contribution in [2.45, 2.75) is 76.4 Å². The summed E-state index contributed by atoms with van der Waals surface area (Å²) in [5, 5.41) is -0.0677. The molecule has 3 saturated heterocycles. The number of nitrogens with zero attached hydrogens (tertiary/aromatic N) is 6. The predicted molar refractivity (Wildman–Crippen MR) is 140 cm³/mol. The number of aromatic nitrogens is 3. The summed E-state index contributed by atoms with van der Waals surface area (Å²) in [5.41, 5.74) is -1.09. The van der Waals surface area contributed by atoms with Crippen molar-refractivity contribution in [3.63, 3.8) is 0 Å². The Bertz CT molecular complexity index is 1310. The summed E-state index contributed by atoms with van der Waals surface area (Å²) in [7, 11) is 0. The molecule has 4 atom stereocenters. The van der Waals surface area contributed by atoms with Gasteiger partial charge in [-0.3, -0.25) is 4.90 Å². The van der Waals surface area contributed by atoms with Gasteiger partial charge in [0.1, 0.15) is 41.2 Å². The van der Waals surface area contributed by atoms with Crippen LogP contribution in [0.2, 0.25) is 5.15 Å². The van der Waals surface area contributed by atoms with E-state index in [-0.39, 0.29) is 35.2 Å². The number of rotatable bonds is 3. The van der Waals surface area contributed by atoms with Gasteiger partial charge in [0.2, 0.25) is 5.88 Å². The van der Waals surface area contributed by atoms with Crippen LogP contribution in [0.15, 0.2) is 0 Å². The molecular formula is C26H33ClF2N6O4. The van der Waals surface area contributed by atoms with Gasteiger partial charge in [-0.2, -0.15) is 15.0 Å². The minimum absolute atomic E-state index is 0.0176. The van der Waals surface area contributed by atoms with Gasteiger partial charge >= 0.3 is 12.1 Å². The first-order chi connectivity index (χ1) is 18.4. The summed E-state index contributed by atoms with van der Waals surface area (Å²) in [6.07, 6.45) is 0.420. The third-order valence-corrected chi connectivity index (χ3v) is 8.34. The van der Waals surface area contributed by atoms with Gasteiger partial charge in [0, 0.05) is 32.6 Å². The average molecular weight is 567 g/mol. The Kier molecular flexibility index (Phi) is 6.41. The van der Waals surface area contributed by atoms with Crippen LogP contribution >= 0.6 is 11.6 Å². The quantitative estimate of drug-likeness (QED) is 0.511. The number of ether oxygens (including phenoxy) is 3. The van der Waals surface area contributed by atoms with Crippen molar-refractivity contribution in [2.75, 3.05) is 44.2 Å². The molecule has 6 rings (SSSR count). The number of alkyl halides is 1. The van der Waals surface area contributed by atoms with Crippen LogP contribution in [-0.2, 0) is 4.74 Å². The second kappa shape index (κ2) is 9.43. The molecule has 0 aliphatic carbocycles. The number of amides is 1. The van der Waals surface area contributed by atoms with E-state index in [4.69, 9.17) is 30.8 Å². The fourth-order valence-corrected chi connectivity index (χ4v) is 6.47. The molecule has 10 nitrogen and oxygen atoms in total. The molecule has 13 heteroatoms. The molecule has 4 aliphatic heterocycles. The van der Waals surface area contributed by atoms with Crippen LogP contribution in [0.3, 0.4) is 0 Å². The molecule has 4 aliphatic rings. The first kappa shape index (κ1) is 26.5. The molecule has 0 N–H and O–H groups in total. The maximum absolute atomic E-state index is 15.3. The fourth-order valence-electron chi connectivity index (χ4n) is 6.30. The lowest BCUT2D eigenvalue weighted by Crippen LogP contribution is -2.59. The molecule has 0 spiro atoms. The van der Waals surface area contributed by atoms with Crippen molar-refractivity contribution in [3.05, 3.63) is 11.0 Å². The number of carbonyl (C=O) groups excluding carboxylic acids is 1. The van der Waals surface area contributed by atoms with E-state index in [1.165, 1.54) is 0 Å². The maximum atomic E-state index is 15.3. The Balaban J connectivity index is 1.35. The number of hydrogen-bond acceptors (Lipinski definition) is 9. The van der Waals surface area contributed by atoms with E-state index in [9.17, 15) is 9.18 Å². The number of hydrogen-bond donors (Lipinski definition) is 0. The molecule has 2 aromatic heterocycles. The van der Waals surface area contributed by atoms with Gasteiger partial charge in [-0.1, -0.05) is 11.6 Å². The topological polar surface area (TPSA) is 93.2 Å². The average Bonchev–Trinajstić information content (AvgIpc) is 3.36. The zero-order valence-electron chi connectivity index (χ0n) is 22.5. The van der Waals surface area contributed by atoms with Gasteiger partial charge in [0.05, 0.1) is 11.6 Å². The lowest BCUT2D eigenvalue weighted by Gasteiger charge is -2.43. The minimum Gasteiger partial charge on any atom is -0.472 e. The van der Waals surface area contributed by atoms with Gasteiger partial charge in [0.15, 0.2) is 11.0 Å². The SMILES string of the molecule is C[C@@H]1Oc2nc(Cl)c(F)c3nc(OC[C@@]45CCCN4C[C@H](F)C5)nc(c23)N2CCN(C(=O)OC(C)(C)C)C[C@@H]12. The second-order valence-corrected chi connectivity index (χ2v) is 12.3. The lowest BCUT2D eigenvalue weighted by atomic mass is 9.95. The number of halogens is 3. The van der Waals surface area contributed by atoms with Crippen molar-refractivity contribution in [3.8, 4) is 11.9 Å². The Morgan fingerprint density at radius 3 is 2.77 bits per heavy atom. The van der Waals surface area contributed by atoms with Crippen LogP contribution in [0.5, 0.6) is 11.9 Å². The van der Waals surface area contributed by atoms with Gasteiger partial charge in [-0.25, -0.2) is 13.6 Å². The maximum Gasteiger partial charge on any atom is 0.410 e. The molecule has 0 saturated carbocycles. The van der Waals surface area contributed by atoms with Crippen LogP contribution in [0.1, 0.15) is 47.0 Å². The summed E-state index contributed by atoms with van der Waals surface area (Å²) in [6.45, 7) is 9.82. The first-order valence-electron chi connectivity index (χ1n) is 13.4. The number of carbonyl (C=O) groups is 1. The van der Waals surface area contributed by atoms with Crippen LogP contribution < -0.4 is 14.4 Å². The number of anilines is 1. The van der Waals surface area contributed by atoms with E-state index >= 15 is 4.39 Å². The molecule has 6 heterocycles. The van der Waals surface area contributed by atoms with E-state index in [1.807, 2.05) is 32.6 Å². The normalized spacial score (nSPS) is 28.6. The van der Waals surface area contributed by atoms with Gasteiger partial charge in [-0.05, 0) is 47.1 Å². The van der Waals surface area contributed by atoms with E-state index in [1.54, 1.807) is 4.90 Å². The fraction of sp³-hybridized carbons (Fsp3) is 0.692. The van der Waals surface area contributed by atoms with E-state index in [0.29, 0.717) is 43.8 Å². The van der Waals surface area contributed by atoms with Crippen molar-refractivity contribution in [1.29, 1.82) is 0 Å². The van der Waals surface area contributed by atoms with Gasteiger partial charge in [-0.15, -0.1) is 0 Å². The van der Waals surface area contributed by atoms with Gasteiger partial charge < -0.3 is 24.0 Å². The molecule has 0 bridgehead atoms. The molecule has 0 unspecified atom stereocenters. The lowest BCUT2D eigenvalue weighted by molar-refractivity contribution is 0.0175. The monoisotopic (exact) mass is 566 g/mol. The smallest absolute Gasteiger partial charge is 0.410 e. The van der Waals surface area contributed by atoms with Crippen LogP contribution in [0.4, 0.5) is 19.4 Å². The molecule has 212 valence electrons. The molecule has 0 aromatic carbocycles. The van der Waals surface area contributed by atoms with Crippen LogP contribution in [0, 0.1) is 5.82 Å². The molecular weight excluding hydrogens is 534 g/mol. The Hall–Kier alpha value is -2.73. The third-order valence-electron chi connectivity index (χ3n) is 8.08. The number of fused-ring (bicyclic) bond motifs is 3. The highest BCUT2D eigenvalue weighted by Gasteiger charge is 2.49. The molecule has 1 amide bonds. The number of piperazine rings is 1. The Morgan fingerprint density at radius 2 is 2.00 bits per heavy atom. The van der Waals surface area contributed by atoms with Gasteiger partial charge in [0.25, 0.3) is 0 Å². The van der Waals surface area contributed by atoms with Crippen molar-refractivity contribution < 1.29 is 27.8 Å². The highest BCUT2D eigenvalue weighted by molar-refractivity contribution is 6.30. The summed E-state index contributed by atoms with van der Waals surface area (Å²) >= 11 is 6.15. The molecule has 2 aromatic rings. The van der Waals surface area contributed by atoms with Crippen molar-refractivity contribution >= 4 is 34.4 Å².